The molecule has 1 amide bonds. The normalized spacial score (nSPS) is 19.5. The van der Waals surface area contributed by atoms with Gasteiger partial charge >= 0.3 is 0 Å². The molecule has 0 bridgehead atoms. The molecular weight excluding hydrogens is 266 g/mol. The van der Waals surface area contributed by atoms with Crippen molar-refractivity contribution in [1.29, 1.82) is 0 Å². The molecule has 0 aliphatic carbocycles. The van der Waals surface area contributed by atoms with Gasteiger partial charge in [-0.1, -0.05) is 0 Å². The van der Waals surface area contributed by atoms with Crippen molar-refractivity contribution in [2.45, 2.75) is 45.6 Å². The van der Waals surface area contributed by atoms with Gasteiger partial charge in [0.1, 0.15) is 9.84 Å². The molecule has 0 radical (unpaired) electrons. The Morgan fingerprint density at radius 1 is 1.32 bits per heavy atom. The first-order chi connectivity index (χ1) is 8.89. The van der Waals surface area contributed by atoms with Crippen LogP contribution >= 0.6 is 0 Å². The first-order valence-electron chi connectivity index (χ1n) is 6.98. The van der Waals surface area contributed by atoms with E-state index in [1.807, 2.05) is 13.8 Å². The number of carbonyl (C=O) groups excluding carboxylic acids is 1. The molecule has 0 aromatic rings. The molecule has 0 aromatic heterocycles. The number of sulfone groups is 1. The molecule has 112 valence electrons. The average Bonchev–Trinajstić information content (AvgIpc) is 2.31. The summed E-state index contributed by atoms with van der Waals surface area (Å²) < 4.78 is 27.9. The van der Waals surface area contributed by atoms with Crippen LogP contribution < -0.4 is 5.32 Å². The summed E-state index contributed by atoms with van der Waals surface area (Å²) >= 11 is 0. The summed E-state index contributed by atoms with van der Waals surface area (Å²) in [6.07, 6.45) is 2.71. The third kappa shape index (κ3) is 7.52. The van der Waals surface area contributed by atoms with E-state index in [2.05, 4.69) is 5.32 Å². The maximum atomic E-state index is 11.7. The summed E-state index contributed by atoms with van der Waals surface area (Å²) in [5.41, 5.74) is 0. The van der Waals surface area contributed by atoms with E-state index < -0.39 is 9.84 Å². The fourth-order valence-corrected chi connectivity index (χ4v) is 3.69. The molecule has 1 aliphatic heterocycles. The summed E-state index contributed by atoms with van der Waals surface area (Å²) in [6, 6.07) is 0. The van der Waals surface area contributed by atoms with Crippen molar-refractivity contribution in [1.82, 2.24) is 5.32 Å². The van der Waals surface area contributed by atoms with Gasteiger partial charge in [0.15, 0.2) is 0 Å². The first-order valence-corrected chi connectivity index (χ1v) is 8.80. The molecule has 1 saturated heterocycles. The molecule has 0 atom stereocenters. The summed E-state index contributed by atoms with van der Waals surface area (Å²) in [6.45, 7) is 5.24. The minimum absolute atomic E-state index is 0.0221. The van der Waals surface area contributed by atoms with Gasteiger partial charge in [0.25, 0.3) is 0 Å². The second-order valence-corrected chi connectivity index (χ2v) is 7.73. The first kappa shape index (κ1) is 16.4. The zero-order valence-corrected chi connectivity index (χ0v) is 12.7. The van der Waals surface area contributed by atoms with Crippen molar-refractivity contribution < 1.29 is 17.9 Å². The van der Waals surface area contributed by atoms with Gasteiger partial charge < -0.3 is 10.1 Å². The van der Waals surface area contributed by atoms with E-state index in [1.165, 1.54) is 0 Å². The maximum Gasteiger partial charge on any atom is 0.220 e. The zero-order chi connectivity index (χ0) is 14.3. The number of amides is 1. The highest BCUT2D eigenvalue weighted by Crippen LogP contribution is 2.21. The summed E-state index contributed by atoms with van der Waals surface area (Å²) in [7, 11) is -2.83. The Kier molecular flexibility index (Phi) is 6.79. The highest BCUT2D eigenvalue weighted by Gasteiger charge is 2.24. The lowest BCUT2D eigenvalue weighted by atomic mass is 9.98. The molecule has 5 nitrogen and oxygen atoms in total. The van der Waals surface area contributed by atoms with Gasteiger partial charge in [0, 0.05) is 19.6 Å². The van der Waals surface area contributed by atoms with Gasteiger partial charge in [-0.3, -0.25) is 4.79 Å². The average molecular weight is 291 g/mol. The van der Waals surface area contributed by atoms with Crippen LogP contribution in [0.15, 0.2) is 0 Å². The van der Waals surface area contributed by atoms with Gasteiger partial charge in [-0.2, -0.15) is 0 Å². The quantitative estimate of drug-likeness (QED) is 0.714. The minimum atomic E-state index is -2.83. The maximum absolute atomic E-state index is 11.7. The van der Waals surface area contributed by atoms with Crippen LogP contribution in [0.2, 0.25) is 0 Å². The van der Waals surface area contributed by atoms with Crippen LogP contribution in [0.5, 0.6) is 0 Å². The van der Waals surface area contributed by atoms with E-state index in [-0.39, 0.29) is 29.4 Å². The van der Waals surface area contributed by atoms with Gasteiger partial charge in [-0.25, -0.2) is 8.42 Å². The lowest BCUT2D eigenvalue weighted by Gasteiger charge is -2.21. The summed E-state index contributed by atoms with van der Waals surface area (Å²) in [4.78, 5) is 11.7. The van der Waals surface area contributed by atoms with E-state index in [4.69, 9.17) is 4.74 Å². The highest BCUT2D eigenvalue weighted by molar-refractivity contribution is 7.91. The Bertz CT molecular complexity index is 364. The fourth-order valence-electron chi connectivity index (χ4n) is 2.10. The lowest BCUT2D eigenvalue weighted by Crippen LogP contribution is -2.31. The van der Waals surface area contributed by atoms with Crippen LogP contribution in [-0.2, 0) is 19.4 Å². The molecule has 0 aromatic carbocycles. The molecule has 1 heterocycles. The number of nitrogens with one attached hydrogen (secondary N) is 1. The van der Waals surface area contributed by atoms with E-state index in [0.717, 1.165) is 6.42 Å². The Hall–Kier alpha value is -0.620. The predicted octanol–water partition coefficient (Wildman–Crippen LogP) is 1.13. The van der Waals surface area contributed by atoms with Gasteiger partial charge in [-0.15, -0.1) is 0 Å². The SMILES string of the molecule is CC(C)OCCCNC(=O)CC1CCS(=O)(=O)CC1. The van der Waals surface area contributed by atoms with Crippen LogP contribution in [0.4, 0.5) is 0 Å². The van der Waals surface area contributed by atoms with E-state index >= 15 is 0 Å². The van der Waals surface area contributed by atoms with Crippen molar-refractivity contribution in [3.63, 3.8) is 0 Å². The van der Waals surface area contributed by atoms with Crippen LogP contribution in [-0.4, -0.2) is 45.1 Å². The predicted molar refractivity (Wildman–Crippen MR) is 74.7 cm³/mol. The number of ether oxygens (including phenoxy) is 1. The Morgan fingerprint density at radius 2 is 1.95 bits per heavy atom. The smallest absolute Gasteiger partial charge is 0.220 e. The molecule has 0 saturated carbocycles. The third-order valence-corrected chi connectivity index (χ3v) is 4.96. The Morgan fingerprint density at radius 3 is 2.53 bits per heavy atom. The van der Waals surface area contributed by atoms with Gasteiger partial charge in [0.05, 0.1) is 17.6 Å². The van der Waals surface area contributed by atoms with Crippen molar-refractivity contribution in [3.8, 4) is 0 Å². The van der Waals surface area contributed by atoms with E-state index in [0.29, 0.717) is 32.4 Å². The summed E-state index contributed by atoms with van der Waals surface area (Å²) in [5, 5.41) is 2.86. The molecule has 6 heteroatoms. The molecule has 0 spiro atoms. The van der Waals surface area contributed by atoms with Gasteiger partial charge in [-0.05, 0) is 39.0 Å². The summed E-state index contributed by atoms with van der Waals surface area (Å²) in [5.74, 6) is 0.699. The minimum Gasteiger partial charge on any atom is -0.379 e. The molecule has 1 aliphatic rings. The van der Waals surface area contributed by atoms with Crippen molar-refractivity contribution >= 4 is 15.7 Å². The molecule has 1 N–H and O–H groups in total. The number of hydrogen-bond donors (Lipinski definition) is 1. The fraction of sp³-hybridized carbons (Fsp3) is 0.923. The van der Waals surface area contributed by atoms with Crippen LogP contribution in [0.3, 0.4) is 0 Å². The van der Waals surface area contributed by atoms with Crippen LogP contribution in [0.25, 0.3) is 0 Å². The van der Waals surface area contributed by atoms with Crippen LogP contribution in [0, 0.1) is 5.92 Å². The van der Waals surface area contributed by atoms with Crippen molar-refractivity contribution in [2.24, 2.45) is 5.92 Å². The topological polar surface area (TPSA) is 72.5 Å². The van der Waals surface area contributed by atoms with Gasteiger partial charge in [0.2, 0.25) is 5.91 Å². The third-order valence-electron chi connectivity index (χ3n) is 3.24. The molecule has 0 unspecified atom stereocenters. The zero-order valence-electron chi connectivity index (χ0n) is 11.9. The van der Waals surface area contributed by atoms with Crippen LogP contribution in [0.1, 0.15) is 39.5 Å². The second kappa shape index (κ2) is 7.85. The molecule has 19 heavy (non-hydrogen) atoms. The van der Waals surface area contributed by atoms with E-state index in [1.54, 1.807) is 0 Å². The molecular formula is C13H25NO4S. The number of rotatable bonds is 7. The Balaban J connectivity index is 2.08. The second-order valence-electron chi connectivity index (χ2n) is 5.42. The lowest BCUT2D eigenvalue weighted by molar-refractivity contribution is -0.122. The van der Waals surface area contributed by atoms with E-state index in [9.17, 15) is 13.2 Å². The monoisotopic (exact) mass is 291 g/mol. The number of hydrogen-bond acceptors (Lipinski definition) is 4. The molecule has 1 rings (SSSR count). The largest absolute Gasteiger partial charge is 0.379 e. The Labute approximate surface area is 116 Å². The number of carbonyl (C=O) groups is 1. The molecule has 1 fully saturated rings. The highest BCUT2D eigenvalue weighted by atomic mass is 32.2. The standard InChI is InChI=1S/C13H25NO4S/c1-11(2)18-7-3-6-14-13(15)10-12-4-8-19(16,17)9-5-12/h11-12H,3-10H2,1-2H3,(H,14,15). The van der Waals surface area contributed by atoms with Crippen molar-refractivity contribution in [3.05, 3.63) is 0 Å². The van der Waals surface area contributed by atoms with Crippen molar-refractivity contribution in [2.75, 3.05) is 24.7 Å².